The summed E-state index contributed by atoms with van der Waals surface area (Å²) in [5, 5.41) is 8.89. The van der Waals surface area contributed by atoms with E-state index in [1.165, 1.54) is 19.3 Å². The fourth-order valence-electron chi connectivity index (χ4n) is 1.63. The lowest BCUT2D eigenvalue weighted by Crippen LogP contribution is -2.19. The highest BCUT2D eigenvalue weighted by molar-refractivity contribution is 5.53. The predicted molar refractivity (Wildman–Crippen MR) is 58.4 cm³/mol. The molecule has 0 atom stereocenters. The summed E-state index contributed by atoms with van der Waals surface area (Å²) in [6, 6.07) is 7.27. The largest absolute Gasteiger partial charge is 0.492 e. The van der Waals surface area contributed by atoms with Crippen LogP contribution in [0.15, 0.2) is 18.2 Å². The van der Waals surface area contributed by atoms with E-state index in [9.17, 15) is 0 Å². The van der Waals surface area contributed by atoms with Crippen LogP contribution in [0.1, 0.15) is 24.8 Å². The minimum Gasteiger partial charge on any atom is -0.492 e. The molecule has 0 heterocycles. The van der Waals surface area contributed by atoms with Crippen molar-refractivity contribution in [2.24, 2.45) is 5.92 Å². The van der Waals surface area contributed by atoms with Crippen molar-refractivity contribution in [1.29, 1.82) is 5.26 Å². The van der Waals surface area contributed by atoms with Gasteiger partial charge in [0.05, 0.1) is 12.2 Å². The summed E-state index contributed by atoms with van der Waals surface area (Å²) in [5.74, 6) is 1.33. The molecular formula is C12H14N2O. The molecular weight excluding hydrogens is 188 g/mol. The Morgan fingerprint density at radius 2 is 2.27 bits per heavy atom. The minimum atomic E-state index is 0.523. The van der Waals surface area contributed by atoms with Crippen molar-refractivity contribution in [2.75, 3.05) is 12.3 Å². The molecule has 3 nitrogen and oxygen atoms in total. The third-order valence-electron chi connectivity index (χ3n) is 2.82. The Kier molecular flexibility index (Phi) is 2.77. The Morgan fingerprint density at radius 3 is 2.87 bits per heavy atom. The third kappa shape index (κ3) is 2.21. The number of nitriles is 1. The molecule has 0 unspecified atom stereocenters. The molecule has 0 aromatic heterocycles. The van der Waals surface area contributed by atoms with Crippen LogP contribution in [0.25, 0.3) is 0 Å². The van der Waals surface area contributed by atoms with E-state index in [4.69, 9.17) is 15.7 Å². The van der Waals surface area contributed by atoms with E-state index >= 15 is 0 Å². The van der Waals surface area contributed by atoms with Gasteiger partial charge in [-0.15, -0.1) is 0 Å². The van der Waals surface area contributed by atoms with Gasteiger partial charge in [0.1, 0.15) is 11.8 Å². The third-order valence-corrected chi connectivity index (χ3v) is 2.82. The number of rotatable bonds is 3. The summed E-state index contributed by atoms with van der Waals surface area (Å²) in [7, 11) is 0. The molecule has 1 saturated carbocycles. The highest BCUT2D eigenvalue weighted by Gasteiger charge is 2.18. The Hall–Kier alpha value is -1.69. The molecule has 1 aliphatic carbocycles. The van der Waals surface area contributed by atoms with E-state index in [-0.39, 0.29) is 0 Å². The molecule has 0 radical (unpaired) electrons. The van der Waals surface area contributed by atoms with Gasteiger partial charge in [-0.3, -0.25) is 0 Å². The van der Waals surface area contributed by atoms with Crippen LogP contribution < -0.4 is 10.5 Å². The first-order chi connectivity index (χ1) is 7.29. The number of anilines is 1. The summed E-state index contributed by atoms with van der Waals surface area (Å²) in [5.41, 5.74) is 6.71. The van der Waals surface area contributed by atoms with Crippen molar-refractivity contribution in [3.8, 4) is 11.8 Å². The standard InChI is InChI=1S/C12H14N2O/c13-7-10-6-11(14)4-5-12(10)15-8-9-2-1-3-9/h4-6,9H,1-3,8,14H2. The van der Waals surface area contributed by atoms with Crippen molar-refractivity contribution < 1.29 is 4.74 Å². The van der Waals surface area contributed by atoms with Crippen LogP contribution in [-0.2, 0) is 0 Å². The molecule has 2 rings (SSSR count). The summed E-state index contributed by atoms with van der Waals surface area (Å²) >= 11 is 0. The van der Waals surface area contributed by atoms with Crippen molar-refractivity contribution in [1.82, 2.24) is 0 Å². The zero-order chi connectivity index (χ0) is 10.7. The number of hydrogen-bond acceptors (Lipinski definition) is 3. The number of nitrogens with two attached hydrogens (primary N) is 1. The zero-order valence-electron chi connectivity index (χ0n) is 8.57. The highest BCUT2D eigenvalue weighted by atomic mass is 16.5. The van der Waals surface area contributed by atoms with Crippen LogP contribution in [0.5, 0.6) is 5.75 Å². The van der Waals surface area contributed by atoms with Gasteiger partial charge in [0.2, 0.25) is 0 Å². The molecule has 78 valence electrons. The van der Waals surface area contributed by atoms with Crippen molar-refractivity contribution in [3.63, 3.8) is 0 Å². The van der Waals surface area contributed by atoms with Crippen molar-refractivity contribution >= 4 is 5.69 Å². The number of ether oxygens (including phenoxy) is 1. The van der Waals surface area contributed by atoms with Gasteiger partial charge >= 0.3 is 0 Å². The van der Waals surface area contributed by atoms with E-state index in [1.807, 2.05) is 0 Å². The first-order valence-electron chi connectivity index (χ1n) is 5.22. The van der Waals surface area contributed by atoms with Gasteiger partial charge < -0.3 is 10.5 Å². The number of nitrogen functional groups attached to an aromatic ring is 1. The molecule has 0 bridgehead atoms. The van der Waals surface area contributed by atoms with E-state index in [0.717, 1.165) is 6.61 Å². The Morgan fingerprint density at radius 1 is 1.47 bits per heavy atom. The molecule has 0 saturated heterocycles. The lowest BCUT2D eigenvalue weighted by atomic mass is 9.86. The molecule has 0 spiro atoms. The number of nitrogens with zero attached hydrogens (tertiary/aromatic N) is 1. The number of benzene rings is 1. The van der Waals surface area contributed by atoms with Crippen LogP contribution in [0.2, 0.25) is 0 Å². The van der Waals surface area contributed by atoms with Gasteiger partial charge in [-0.05, 0) is 37.0 Å². The van der Waals surface area contributed by atoms with Crippen LogP contribution >= 0.6 is 0 Å². The molecule has 0 amide bonds. The Balaban J connectivity index is 2.03. The molecule has 2 N–H and O–H groups in total. The lowest BCUT2D eigenvalue weighted by Gasteiger charge is -2.25. The quantitative estimate of drug-likeness (QED) is 0.765. The van der Waals surface area contributed by atoms with E-state index in [2.05, 4.69) is 6.07 Å². The lowest BCUT2D eigenvalue weighted by molar-refractivity contribution is 0.180. The van der Waals surface area contributed by atoms with Gasteiger partial charge in [0, 0.05) is 5.69 Å². The second kappa shape index (κ2) is 4.22. The first-order valence-corrected chi connectivity index (χ1v) is 5.22. The van der Waals surface area contributed by atoms with Gasteiger partial charge in [-0.1, -0.05) is 6.42 Å². The molecule has 15 heavy (non-hydrogen) atoms. The summed E-state index contributed by atoms with van der Waals surface area (Å²) in [6.45, 7) is 0.721. The van der Waals surface area contributed by atoms with E-state index in [0.29, 0.717) is 22.9 Å². The average Bonchev–Trinajstić information content (AvgIpc) is 2.17. The van der Waals surface area contributed by atoms with Crippen LogP contribution in [0.3, 0.4) is 0 Å². The maximum atomic E-state index is 8.89. The van der Waals surface area contributed by atoms with E-state index in [1.54, 1.807) is 18.2 Å². The Labute approximate surface area is 89.5 Å². The van der Waals surface area contributed by atoms with Crippen LogP contribution in [0.4, 0.5) is 5.69 Å². The zero-order valence-corrected chi connectivity index (χ0v) is 8.57. The molecule has 0 aliphatic heterocycles. The molecule has 1 aromatic carbocycles. The summed E-state index contributed by atoms with van der Waals surface area (Å²) in [4.78, 5) is 0. The summed E-state index contributed by atoms with van der Waals surface area (Å²) < 4.78 is 5.61. The van der Waals surface area contributed by atoms with E-state index < -0.39 is 0 Å². The fourth-order valence-corrected chi connectivity index (χ4v) is 1.63. The van der Waals surface area contributed by atoms with Crippen molar-refractivity contribution in [3.05, 3.63) is 23.8 Å². The minimum absolute atomic E-state index is 0.523. The molecule has 1 fully saturated rings. The normalized spacial score (nSPS) is 15.4. The second-order valence-electron chi connectivity index (χ2n) is 3.98. The van der Waals surface area contributed by atoms with Gasteiger partial charge in [-0.25, -0.2) is 0 Å². The smallest absolute Gasteiger partial charge is 0.137 e. The fraction of sp³-hybridized carbons (Fsp3) is 0.417. The van der Waals surface area contributed by atoms with Crippen molar-refractivity contribution in [2.45, 2.75) is 19.3 Å². The SMILES string of the molecule is N#Cc1cc(N)ccc1OCC1CCC1. The van der Waals surface area contributed by atoms with Crippen LogP contribution in [0, 0.1) is 17.2 Å². The second-order valence-corrected chi connectivity index (χ2v) is 3.98. The van der Waals surface area contributed by atoms with Gasteiger partial charge in [-0.2, -0.15) is 5.26 Å². The monoisotopic (exact) mass is 202 g/mol. The average molecular weight is 202 g/mol. The topological polar surface area (TPSA) is 59.0 Å². The molecule has 1 aromatic rings. The molecule has 3 heteroatoms. The maximum absolute atomic E-state index is 8.89. The summed E-state index contributed by atoms with van der Waals surface area (Å²) in [6.07, 6.45) is 3.80. The highest BCUT2D eigenvalue weighted by Crippen LogP contribution is 2.28. The maximum Gasteiger partial charge on any atom is 0.137 e. The number of hydrogen-bond donors (Lipinski definition) is 1. The Bertz CT molecular complexity index is 391. The molecule has 1 aliphatic rings. The van der Waals surface area contributed by atoms with Crippen LogP contribution in [-0.4, -0.2) is 6.61 Å². The van der Waals surface area contributed by atoms with Gasteiger partial charge in [0.25, 0.3) is 0 Å². The van der Waals surface area contributed by atoms with Gasteiger partial charge in [0.15, 0.2) is 0 Å². The first kappa shape index (κ1) is 9.85. The predicted octanol–water partition coefficient (Wildman–Crippen LogP) is 2.32.